The van der Waals surface area contributed by atoms with Crippen LogP contribution >= 0.6 is 0 Å². The van der Waals surface area contributed by atoms with Crippen molar-refractivity contribution in [2.75, 3.05) is 0 Å². The van der Waals surface area contributed by atoms with Gasteiger partial charge in [-0.1, -0.05) is 66.2 Å². The van der Waals surface area contributed by atoms with E-state index >= 15 is 0 Å². The van der Waals surface area contributed by atoms with Crippen molar-refractivity contribution in [2.24, 2.45) is 11.8 Å². The third-order valence-electron chi connectivity index (χ3n) is 4.92. The number of hydrogen-bond donors (Lipinski definition) is 2. The second-order valence-electron chi connectivity index (χ2n) is 8.31. The summed E-state index contributed by atoms with van der Waals surface area (Å²) >= 11 is 0. The topological polar surface area (TPSA) is 87.7 Å². The molecule has 0 unspecified atom stereocenters. The summed E-state index contributed by atoms with van der Waals surface area (Å²) < 4.78 is 5.26. The lowest BCUT2D eigenvalue weighted by molar-refractivity contribution is 0.0630. The minimum absolute atomic E-state index is 0.187. The molecule has 1 heterocycles. The molecule has 0 aliphatic heterocycles. The lowest BCUT2D eigenvalue weighted by Gasteiger charge is -2.08. The van der Waals surface area contributed by atoms with Gasteiger partial charge in [-0.2, -0.15) is 0 Å². The zero-order valence-corrected chi connectivity index (χ0v) is 17.3. The van der Waals surface area contributed by atoms with Crippen LogP contribution in [-0.2, 0) is 12.8 Å². The van der Waals surface area contributed by atoms with Crippen LogP contribution in [-0.4, -0.2) is 22.2 Å². The highest BCUT2D eigenvalue weighted by atomic mass is 16.4. The molecule has 0 aliphatic carbocycles. The van der Waals surface area contributed by atoms with Crippen molar-refractivity contribution in [3.8, 4) is 0 Å². The summed E-state index contributed by atoms with van der Waals surface area (Å²) in [6, 6.07) is 0. The summed E-state index contributed by atoms with van der Waals surface area (Å²) in [7, 11) is 0. The number of aromatic carboxylic acids is 2. The van der Waals surface area contributed by atoms with Crippen LogP contribution in [0.2, 0.25) is 0 Å². The fraction of sp³-hybridized carbons (Fsp3) is 0.727. The Bertz CT molecular complexity index is 548. The largest absolute Gasteiger partial charge is 0.475 e. The summed E-state index contributed by atoms with van der Waals surface area (Å²) in [5, 5.41) is 18.9. The molecule has 5 heteroatoms. The first-order chi connectivity index (χ1) is 12.7. The van der Waals surface area contributed by atoms with Gasteiger partial charge in [0.2, 0.25) is 11.5 Å². The molecule has 1 aromatic rings. The highest BCUT2D eigenvalue weighted by molar-refractivity contribution is 5.92. The molecular formula is C22H36O5. The Labute approximate surface area is 163 Å². The summed E-state index contributed by atoms with van der Waals surface area (Å²) in [5.74, 6) is -1.41. The van der Waals surface area contributed by atoms with E-state index in [-0.39, 0.29) is 11.5 Å². The summed E-state index contributed by atoms with van der Waals surface area (Å²) in [4.78, 5) is 23.1. The molecular weight excluding hydrogens is 344 g/mol. The van der Waals surface area contributed by atoms with Gasteiger partial charge in [0.15, 0.2) is 0 Å². The van der Waals surface area contributed by atoms with Crippen molar-refractivity contribution in [3.05, 3.63) is 22.6 Å². The average molecular weight is 381 g/mol. The van der Waals surface area contributed by atoms with Gasteiger partial charge in [-0.25, -0.2) is 9.59 Å². The van der Waals surface area contributed by atoms with E-state index in [1.54, 1.807) is 0 Å². The van der Waals surface area contributed by atoms with E-state index in [1.807, 2.05) is 0 Å². The predicted octanol–water partition coefficient (Wildman–Crippen LogP) is 6.19. The van der Waals surface area contributed by atoms with Crippen molar-refractivity contribution >= 4 is 11.9 Å². The van der Waals surface area contributed by atoms with Crippen LogP contribution in [0.15, 0.2) is 4.42 Å². The number of carbonyl (C=O) groups is 2. The maximum Gasteiger partial charge on any atom is 0.372 e. The Morgan fingerprint density at radius 3 is 1.37 bits per heavy atom. The maximum atomic E-state index is 11.6. The Balaban J connectivity index is 2.82. The average Bonchev–Trinajstić information content (AvgIpc) is 2.93. The number of rotatable bonds is 14. The standard InChI is InChI=1S/C22H36O5/c1-15(2)11-7-5-9-13-17-18(14-10-6-8-12-16(3)4)20(22(25)26)27-19(17)21(23)24/h15-16H,5-14H2,1-4H3,(H,23,24)(H,25,26). The molecule has 0 aliphatic rings. The monoisotopic (exact) mass is 380 g/mol. The summed E-state index contributed by atoms with van der Waals surface area (Å²) in [6.45, 7) is 8.76. The molecule has 27 heavy (non-hydrogen) atoms. The number of carboxylic acids is 2. The molecule has 2 N–H and O–H groups in total. The Kier molecular flexibility index (Phi) is 10.2. The minimum Gasteiger partial charge on any atom is -0.475 e. The molecule has 0 spiro atoms. The van der Waals surface area contributed by atoms with Crippen LogP contribution in [0.1, 0.15) is 111 Å². The highest BCUT2D eigenvalue weighted by Gasteiger charge is 2.27. The first-order valence-corrected chi connectivity index (χ1v) is 10.3. The van der Waals surface area contributed by atoms with Crippen LogP contribution in [0, 0.1) is 11.8 Å². The first-order valence-electron chi connectivity index (χ1n) is 10.3. The van der Waals surface area contributed by atoms with Gasteiger partial charge in [-0.15, -0.1) is 0 Å². The van der Waals surface area contributed by atoms with Gasteiger partial charge in [0.1, 0.15) is 0 Å². The second kappa shape index (κ2) is 11.8. The van der Waals surface area contributed by atoms with Crippen molar-refractivity contribution in [1.29, 1.82) is 0 Å². The van der Waals surface area contributed by atoms with Gasteiger partial charge in [0.25, 0.3) is 0 Å². The molecule has 0 bridgehead atoms. The van der Waals surface area contributed by atoms with Crippen LogP contribution in [0.3, 0.4) is 0 Å². The SMILES string of the molecule is CC(C)CCCCCc1c(C(=O)O)oc(C(=O)O)c1CCCCCC(C)C. The fourth-order valence-corrected chi connectivity index (χ4v) is 3.44. The van der Waals surface area contributed by atoms with Crippen molar-refractivity contribution in [2.45, 2.75) is 91.9 Å². The summed E-state index contributed by atoms with van der Waals surface area (Å²) in [5.41, 5.74) is 1.18. The van der Waals surface area contributed by atoms with Crippen LogP contribution in [0.4, 0.5) is 0 Å². The second-order valence-corrected chi connectivity index (χ2v) is 8.31. The number of carboxylic acid groups (broad SMARTS) is 2. The van der Waals surface area contributed by atoms with Crippen LogP contribution in [0.25, 0.3) is 0 Å². The van der Waals surface area contributed by atoms with Gasteiger partial charge in [0.05, 0.1) is 0 Å². The quantitative estimate of drug-likeness (QED) is 0.375. The van der Waals surface area contributed by atoms with Crippen molar-refractivity contribution in [3.63, 3.8) is 0 Å². The van der Waals surface area contributed by atoms with Gasteiger partial charge >= 0.3 is 11.9 Å². The Morgan fingerprint density at radius 2 is 1.07 bits per heavy atom. The van der Waals surface area contributed by atoms with Gasteiger partial charge in [-0.05, 0) is 37.5 Å². The van der Waals surface area contributed by atoms with Gasteiger partial charge < -0.3 is 14.6 Å². The summed E-state index contributed by atoms with van der Waals surface area (Å²) in [6.07, 6.45) is 9.38. The molecule has 0 amide bonds. The molecule has 154 valence electrons. The van der Waals surface area contributed by atoms with E-state index in [0.717, 1.165) is 51.4 Å². The van der Waals surface area contributed by atoms with E-state index in [9.17, 15) is 19.8 Å². The molecule has 1 aromatic heterocycles. The number of furan rings is 1. The van der Waals surface area contributed by atoms with Crippen LogP contribution < -0.4 is 0 Å². The van der Waals surface area contributed by atoms with Gasteiger partial charge in [0, 0.05) is 11.1 Å². The lowest BCUT2D eigenvalue weighted by Crippen LogP contribution is -2.03. The number of hydrogen-bond acceptors (Lipinski definition) is 3. The third kappa shape index (κ3) is 8.19. The maximum absolute atomic E-state index is 11.6. The molecule has 0 fully saturated rings. The molecule has 0 saturated carbocycles. The Hall–Kier alpha value is -1.78. The zero-order chi connectivity index (χ0) is 20.4. The molecule has 0 aromatic carbocycles. The van der Waals surface area contributed by atoms with E-state index < -0.39 is 11.9 Å². The Morgan fingerprint density at radius 1 is 0.704 bits per heavy atom. The van der Waals surface area contributed by atoms with E-state index in [1.165, 1.54) is 0 Å². The molecule has 5 nitrogen and oxygen atoms in total. The minimum atomic E-state index is -1.18. The molecule has 1 rings (SSSR count). The zero-order valence-electron chi connectivity index (χ0n) is 17.3. The smallest absolute Gasteiger partial charge is 0.372 e. The fourth-order valence-electron chi connectivity index (χ4n) is 3.44. The van der Waals surface area contributed by atoms with Crippen molar-refractivity contribution < 1.29 is 24.2 Å². The predicted molar refractivity (Wildman–Crippen MR) is 107 cm³/mol. The van der Waals surface area contributed by atoms with E-state index in [2.05, 4.69) is 27.7 Å². The molecule has 0 atom stereocenters. The lowest BCUT2D eigenvalue weighted by atomic mass is 9.95. The normalized spacial score (nSPS) is 11.5. The molecule has 0 radical (unpaired) electrons. The van der Waals surface area contributed by atoms with Crippen LogP contribution in [0.5, 0.6) is 0 Å². The number of unbranched alkanes of at least 4 members (excludes halogenated alkanes) is 4. The highest BCUT2D eigenvalue weighted by Crippen LogP contribution is 2.28. The van der Waals surface area contributed by atoms with Crippen molar-refractivity contribution in [1.82, 2.24) is 0 Å². The molecule has 0 saturated heterocycles. The van der Waals surface area contributed by atoms with Gasteiger partial charge in [-0.3, -0.25) is 0 Å². The third-order valence-corrected chi connectivity index (χ3v) is 4.92. The first kappa shape index (κ1) is 23.3. The van der Waals surface area contributed by atoms with E-state index in [0.29, 0.717) is 35.8 Å². The van der Waals surface area contributed by atoms with E-state index in [4.69, 9.17) is 4.42 Å².